The van der Waals surface area contributed by atoms with Crippen molar-refractivity contribution < 1.29 is 13.7 Å². The van der Waals surface area contributed by atoms with E-state index in [2.05, 4.69) is 15.5 Å². The standard InChI is InChI=1S/C13H14FN3O2/c14-10-4-2-1-3-9(10)7-12-16-13(17-19-12)11-8-18-6-5-15-11/h1-4,11,15H,5-8H2. The minimum atomic E-state index is -0.263. The monoisotopic (exact) mass is 263 g/mol. The molecule has 1 unspecified atom stereocenters. The molecule has 1 fully saturated rings. The lowest BCUT2D eigenvalue weighted by atomic mass is 10.1. The predicted octanol–water partition coefficient (Wildman–Crippen LogP) is 1.46. The van der Waals surface area contributed by atoms with Crippen molar-refractivity contribution in [1.29, 1.82) is 0 Å². The number of halogens is 1. The Kier molecular flexibility index (Phi) is 3.52. The molecule has 1 aliphatic rings. The molecule has 3 rings (SSSR count). The van der Waals surface area contributed by atoms with Crippen LogP contribution in [0.25, 0.3) is 0 Å². The normalized spacial score (nSPS) is 19.5. The summed E-state index contributed by atoms with van der Waals surface area (Å²) in [6.07, 6.45) is 0.299. The van der Waals surface area contributed by atoms with Gasteiger partial charge in [0.15, 0.2) is 5.82 Å². The van der Waals surface area contributed by atoms with Crippen LogP contribution in [0.4, 0.5) is 4.39 Å². The summed E-state index contributed by atoms with van der Waals surface area (Å²) in [6.45, 7) is 1.98. The van der Waals surface area contributed by atoms with E-state index in [1.54, 1.807) is 18.2 Å². The van der Waals surface area contributed by atoms with E-state index in [1.165, 1.54) is 6.07 Å². The number of hydrogen-bond acceptors (Lipinski definition) is 5. The number of hydrogen-bond donors (Lipinski definition) is 1. The van der Waals surface area contributed by atoms with Crippen molar-refractivity contribution in [2.45, 2.75) is 12.5 Å². The van der Waals surface area contributed by atoms with Gasteiger partial charge in [0.1, 0.15) is 5.82 Å². The Hall–Kier alpha value is -1.79. The average molecular weight is 263 g/mol. The molecule has 2 aromatic rings. The van der Waals surface area contributed by atoms with Gasteiger partial charge in [-0.1, -0.05) is 23.4 Å². The van der Waals surface area contributed by atoms with Gasteiger partial charge in [0.25, 0.3) is 0 Å². The summed E-state index contributed by atoms with van der Waals surface area (Å²) in [7, 11) is 0. The summed E-state index contributed by atoms with van der Waals surface area (Å²) < 4.78 is 24.0. The fraction of sp³-hybridized carbons (Fsp3) is 0.385. The molecular weight excluding hydrogens is 249 g/mol. The second-order valence-electron chi connectivity index (χ2n) is 4.40. The van der Waals surface area contributed by atoms with E-state index < -0.39 is 0 Å². The minimum absolute atomic E-state index is 0.0492. The Labute approximate surface area is 109 Å². The van der Waals surface area contributed by atoms with Crippen LogP contribution in [0.5, 0.6) is 0 Å². The molecule has 1 aromatic carbocycles. The largest absolute Gasteiger partial charge is 0.378 e. The van der Waals surface area contributed by atoms with Crippen LogP contribution in [0.3, 0.4) is 0 Å². The zero-order valence-electron chi connectivity index (χ0n) is 10.3. The average Bonchev–Trinajstić information content (AvgIpc) is 2.91. The molecule has 0 saturated carbocycles. The summed E-state index contributed by atoms with van der Waals surface area (Å²) in [5.41, 5.74) is 0.547. The lowest BCUT2D eigenvalue weighted by Gasteiger charge is -2.20. The molecule has 1 aromatic heterocycles. The van der Waals surface area contributed by atoms with E-state index in [0.717, 1.165) is 6.54 Å². The van der Waals surface area contributed by atoms with Gasteiger partial charge in [-0.3, -0.25) is 0 Å². The Bertz CT molecular complexity index is 552. The molecule has 1 N–H and O–H groups in total. The fourth-order valence-corrected chi connectivity index (χ4v) is 2.02. The fourth-order valence-electron chi connectivity index (χ4n) is 2.02. The molecule has 0 bridgehead atoms. The number of aromatic nitrogens is 2. The van der Waals surface area contributed by atoms with Gasteiger partial charge in [-0.05, 0) is 11.6 Å². The van der Waals surface area contributed by atoms with Crippen LogP contribution in [-0.4, -0.2) is 29.9 Å². The van der Waals surface area contributed by atoms with Crippen molar-refractivity contribution in [3.05, 3.63) is 47.4 Å². The van der Waals surface area contributed by atoms with Crippen LogP contribution >= 0.6 is 0 Å². The first-order valence-corrected chi connectivity index (χ1v) is 6.20. The summed E-state index contributed by atoms with van der Waals surface area (Å²) in [5, 5.41) is 7.15. The highest BCUT2D eigenvalue weighted by molar-refractivity contribution is 5.20. The quantitative estimate of drug-likeness (QED) is 0.908. The van der Waals surface area contributed by atoms with Gasteiger partial charge in [-0.25, -0.2) is 4.39 Å². The van der Waals surface area contributed by atoms with Crippen LogP contribution in [0.2, 0.25) is 0 Å². The van der Waals surface area contributed by atoms with Gasteiger partial charge >= 0.3 is 0 Å². The minimum Gasteiger partial charge on any atom is -0.378 e. The van der Waals surface area contributed by atoms with E-state index in [-0.39, 0.29) is 11.9 Å². The topological polar surface area (TPSA) is 60.2 Å². The van der Waals surface area contributed by atoms with Crippen LogP contribution in [0, 0.1) is 5.82 Å². The molecule has 6 heteroatoms. The maximum Gasteiger partial charge on any atom is 0.231 e. The molecule has 0 spiro atoms. The second-order valence-corrected chi connectivity index (χ2v) is 4.40. The summed E-state index contributed by atoms with van der Waals surface area (Å²) >= 11 is 0. The Morgan fingerprint density at radius 2 is 2.26 bits per heavy atom. The third kappa shape index (κ3) is 2.80. The van der Waals surface area contributed by atoms with Crippen molar-refractivity contribution >= 4 is 0 Å². The van der Waals surface area contributed by atoms with Gasteiger partial charge in [0.2, 0.25) is 5.89 Å². The summed E-state index contributed by atoms with van der Waals surface area (Å²) in [5.74, 6) is 0.708. The van der Waals surface area contributed by atoms with Gasteiger partial charge < -0.3 is 14.6 Å². The highest BCUT2D eigenvalue weighted by atomic mass is 19.1. The molecule has 1 aliphatic heterocycles. The van der Waals surface area contributed by atoms with Crippen LogP contribution < -0.4 is 5.32 Å². The molecular formula is C13H14FN3O2. The van der Waals surface area contributed by atoms with Crippen molar-refractivity contribution in [3.63, 3.8) is 0 Å². The molecule has 1 saturated heterocycles. The first-order chi connectivity index (χ1) is 9.33. The lowest BCUT2D eigenvalue weighted by molar-refractivity contribution is 0.0734. The molecule has 2 heterocycles. The van der Waals surface area contributed by atoms with Crippen molar-refractivity contribution in [2.24, 2.45) is 0 Å². The molecule has 0 aliphatic carbocycles. The van der Waals surface area contributed by atoms with Crippen molar-refractivity contribution in [3.8, 4) is 0 Å². The number of nitrogens with one attached hydrogen (secondary N) is 1. The van der Waals surface area contributed by atoms with Crippen LogP contribution in [0.15, 0.2) is 28.8 Å². The van der Waals surface area contributed by atoms with Gasteiger partial charge in [-0.15, -0.1) is 0 Å². The Morgan fingerprint density at radius 1 is 1.37 bits per heavy atom. The van der Waals surface area contributed by atoms with Crippen molar-refractivity contribution in [2.75, 3.05) is 19.8 Å². The number of nitrogens with zero attached hydrogens (tertiary/aromatic N) is 2. The van der Waals surface area contributed by atoms with E-state index in [0.29, 0.717) is 36.9 Å². The van der Waals surface area contributed by atoms with Gasteiger partial charge in [0, 0.05) is 6.54 Å². The van der Waals surface area contributed by atoms with E-state index in [1.807, 2.05) is 0 Å². The third-order valence-electron chi connectivity index (χ3n) is 3.02. The van der Waals surface area contributed by atoms with E-state index >= 15 is 0 Å². The number of benzene rings is 1. The zero-order valence-corrected chi connectivity index (χ0v) is 10.3. The van der Waals surface area contributed by atoms with Crippen molar-refractivity contribution in [1.82, 2.24) is 15.5 Å². The lowest BCUT2D eigenvalue weighted by Crippen LogP contribution is -2.35. The maximum absolute atomic E-state index is 13.5. The molecule has 0 amide bonds. The zero-order chi connectivity index (χ0) is 13.1. The second kappa shape index (κ2) is 5.46. The smallest absolute Gasteiger partial charge is 0.231 e. The number of ether oxygens (including phenoxy) is 1. The number of rotatable bonds is 3. The van der Waals surface area contributed by atoms with Crippen LogP contribution in [-0.2, 0) is 11.2 Å². The molecule has 0 radical (unpaired) electrons. The number of morpholine rings is 1. The van der Waals surface area contributed by atoms with E-state index in [9.17, 15) is 4.39 Å². The summed E-state index contributed by atoms with van der Waals surface area (Å²) in [4.78, 5) is 4.28. The molecule has 5 nitrogen and oxygen atoms in total. The molecule has 19 heavy (non-hydrogen) atoms. The Morgan fingerprint density at radius 3 is 3.05 bits per heavy atom. The van der Waals surface area contributed by atoms with Crippen LogP contribution in [0.1, 0.15) is 23.3 Å². The highest BCUT2D eigenvalue weighted by Gasteiger charge is 2.21. The maximum atomic E-state index is 13.5. The summed E-state index contributed by atoms with van der Waals surface area (Å²) in [6, 6.07) is 6.52. The highest BCUT2D eigenvalue weighted by Crippen LogP contribution is 2.15. The third-order valence-corrected chi connectivity index (χ3v) is 3.02. The predicted molar refractivity (Wildman–Crippen MR) is 65.1 cm³/mol. The van der Waals surface area contributed by atoms with Gasteiger partial charge in [0.05, 0.1) is 25.7 Å². The van der Waals surface area contributed by atoms with E-state index in [4.69, 9.17) is 9.26 Å². The molecule has 1 atom stereocenters. The SMILES string of the molecule is Fc1ccccc1Cc1nc(C2COCCN2)no1. The Balaban J connectivity index is 1.73. The first-order valence-electron chi connectivity index (χ1n) is 6.20. The molecule has 100 valence electrons. The first kappa shape index (κ1) is 12.3. The van der Waals surface area contributed by atoms with Gasteiger partial charge in [-0.2, -0.15) is 4.98 Å².